The number of nitrogens with zero attached hydrogens (tertiary/aromatic N) is 2. The Labute approximate surface area is 171 Å². The van der Waals surface area contributed by atoms with E-state index in [1.807, 2.05) is 13.8 Å². The highest BCUT2D eigenvalue weighted by atomic mass is 79.9. The van der Waals surface area contributed by atoms with Gasteiger partial charge in [-0.15, -0.1) is 0 Å². The second-order valence-electron chi connectivity index (χ2n) is 6.87. The van der Waals surface area contributed by atoms with Gasteiger partial charge in [0.1, 0.15) is 6.54 Å². The number of piperidine rings is 1. The molecule has 1 aliphatic rings. The lowest BCUT2D eigenvalue weighted by atomic mass is 10.0. The van der Waals surface area contributed by atoms with Crippen LogP contribution < -0.4 is 16.0 Å². The maximum absolute atomic E-state index is 11.8. The first-order valence-corrected chi connectivity index (χ1v) is 10.7. The molecule has 0 saturated carbocycles. The molecule has 2 rings (SSSR count). The molecule has 6 nitrogen and oxygen atoms in total. The SMILES string of the molecule is CCCNC(=O)CN=C(NCC)NC1CCN(Cc2ccc(Br)cc2)CC1. The maximum atomic E-state index is 11.8. The van der Waals surface area contributed by atoms with Crippen molar-refractivity contribution in [2.75, 3.05) is 32.7 Å². The molecule has 0 radical (unpaired) electrons. The van der Waals surface area contributed by atoms with E-state index in [4.69, 9.17) is 0 Å². The Morgan fingerprint density at radius 3 is 2.52 bits per heavy atom. The predicted molar refractivity (Wildman–Crippen MR) is 115 cm³/mol. The van der Waals surface area contributed by atoms with Crippen molar-refractivity contribution < 1.29 is 4.79 Å². The average molecular weight is 438 g/mol. The summed E-state index contributed by atoms with van der Waals surface area (Å²) in [7, 11) is 0. The zero-order valence-corrected chi connectivity index (χ0v) is 18.0. The molecule has 27 heavy (non-hydrogen) atoms. The van der Waals surface area contributed by atoms with E-state index in [-0.39, 0.29) is 12.5 Å². The summed E-state index contributed by atoms with van der Waals surface area (Å²) in [6.07, 6.45) is 3.08. The van der Waals surface area contributed by atoms with Gasteiger partial charge in [0.05, 0.1) is 0 Å². The van der Waals surface area contributed by atoms with Gasteiger partial charge in [-0.1, -0.05) is 35.0 Å². The van der Waals surface area contributed by atoms with Gasteiger partial charge < -0.3 is 16.0 Å². The van der Waals surface area contributed by atoms with Gasteiger partial charge in [-0.25, -0.2) is 4.99 Å². The third-order valence-electron chi connectivity index (χ3n) is 4.55. The van der Waals surface area contributed by atoms with Crippen molar-refractivity contribution in [3.8, 4) is 0 Å². The molecule has 0 aromatic heterocycles. The van der Waals surface area contributed by atoms with Gasteiger partial charge in [-0.05, 0) is 43.9 Å². The Bertz CT molecular complexity index is 597. The highest BCUT2D eigenvalue weighted by molar-refractivity contribution is 9.10. The molecule has 1 aliphatic heterocycles. The third kappa shape index (κ3) is 8.30. The van der Waals surface area contributed by atoms with Crippen LogP contribution >= 0.6 is 15.9 Å². The largest absolute Gasteiger partial charge is 0.357 e. The smallest absolute Gasteiger partial charge is 0.241 e. The molecule has 1 aromatic carbocycles. The zero-order valence-electron chi connectivity index (χ0n) is 16.4. The Morgan fingerprint density at radius 2 is 1.89 bits per heavy atom. The van der Waals surface area contributed by atoms with Crippen LogP contribution in [-0.4, -0.2) is 55.5 Å². The molecule has 1 aromatic rings. The second kappa shape index (κ2) is 12.0. The van der Waals surface area contributed by atoms with E-state index in [2.05, 4.69) is 66.0 Å². The van der Waals surface area contributed by atoms with Crippen molar-refractivity contribution in [2.45, 2.75) is 45.7 Å². The Hall–Kier alpha value is -1.60. The summed E-state index contributed by atoms with van der Waals surface area (Å²) in [6.45, 7) is 8.84. The van der Waals surface area contributed by atoms with Crippen molar-refractivity contribution in [2.24, 2.45) is 4.99 Å². The molecule has 3 N–H and O–H groups in total. The van der Waals surface area contributed by atoms with Gasteiger partial charge in [-0.2, -0.15) is 0 Å². The van der Waals surface area contributed by atoms with Crippen LogP contribution in [0.15, 0.2) is 33.7 Å². The van der Waals surface area contributed by atoms with Crippen LogP contribution in [0.5, 0.6) is 0 Å². The number of carbonyl (C=O) groups excluding carboxylic acids is 1. The number of hydrogen-bond donors (Lipinski definition) is 3. The maximum Gasteiger partial charge on any atom is 0.241 e. The average Bonchev–Trinajstić information content (AvgIpc) is 2.68. The first kappa shape index (κ1) is 21.7. The normalized spacial score (nSPS) is 16.2. The van der Waals surface area contributed by atoms with Gasteiger partial charge >= 0.3 is 0 Å². The summed E-state index contributed by atoms with van der Waals surface area (Å²) >= 11 is 3.48. The lowest BCUT2D eigenvalue weighted by Gasteiger charge is -2.33. The number of guanidine groups is 1. The van der Waals surface area contributed by atoms with Crippen molar-refractivity contribution >= 4 is 27.8 Å². The van der Waals surface area contributed by atoms with Gasteiger partial charge in [0.15, 0.2) is 5.96 Å². The highest BCUT2D eigenvalue weighted by Gasteiger charge is 2.20. The summed E-state index contributed by atoms with van der Waals surface area (Å²) in [5.74, 6) is 0.703. The Kier molecular flexibility index (Phi) is 9.62. The summed E-state index contributed by atoms with van der Waals surface area (Å²) in [4.78, 5) is 18.7. The van der Waals surface area contributed by atoms with E-state index < -0.39 is 0 Å². The molecule has 0 atom stereocenters. The van der Waals surface area contributed by atoms with Crippen LogP contribution in [0.2, 0.25) is 0 Å². The zero-order chi connectivity index (χ0) is 19.5. The second-order valence-corrected chi connectivity index (χ2v) is 7.78. The first-order chi connectivity index (χ1) is 13.1. The highest BCUT2D eigenvalue weighted by Crippen LogP contribution is 2.16. The molecule has 0 bridgehead atoms. The Balaban J connectivity index is 1.77. The molecule has 1 amide bonds. The van der Waals surface area contributed by atoms with Crippen LogP contribution in [0.1, 0.15) is 38.7 Å². The van der Waals surface area contributed by atoms with E-state index in [1.165, 1.54) is 5.56 Å². The first-order valence-electron chi connectivity index (χ1n) is 9.89. The van der Waals surface area contributed by atoms with Gasteiger partial charge in [0.25, 0.3) is 0 Å². The lowest BCUT2D eigenvalue weighted by molar-refractivity contribution is -0.119. The fourth-order valence-corrected chi connectivity index (χ4v) is 3.33. The molecule has 150 valence electrons. The summed E-state index contributed by atoms with van der Waals surface area (Å²) < 4.78 is 1.12. The van der Waals surface area contributed by atoms with Crippen molar-refractivity contribution in [3.05, 3.63) is 34.3 Å². The van der Waals surface area contributed by atoms with E-state index in [1.54, 1.807) is 0 Å². The van der Waals surface area contributed by atoms with Crippen LogP contribution in [0.4, 0.5) is 0 Å². The van der Waals surface area contributed by atoms with Crippen LogP contribution in [0.25, 0.3) is 0 Å². The van der Waals surface area contributed by atoms with E-state index in [0.29, 0.717) is 12.6 Å². The summed E-state index contributed by atoms with van der Waals surface area (Å²) in [5, 5.41) is 9.58. The Morgan fingerprint density at radius 1 is 1.19 bits per heavy atom. The molecule has 1 fully saturated rings. The van der Waals surface area contributed by atoms with E-state index in [9.17, 15) is 4.79 Å². The molecule has 1 heterocycles. The number of benzene rings is 1. The minimum atomic E-state index is -0.0293. The molecule has 0 aliphatic carbocycles. The number of halogens is 1. The summed E-state index contributed by atoms with van der Waals surface area (Å²) in [6, 6.07) is 8.93. The van der Waals surface area contributed by atoms with E-state index in [0.717, 1.165) is 55.9 Å². The minimum Gasteiger partial charge on any atom is -0.357 e. The minimum absolute atomic E-state index is 0.0293. The standard InChI is InChI=1S/C20H32BrN5O/c1-3-11-23-19(27)14-24-20(22-4-2)25-18-9-12-26(13-10-18)15-16-5-7-17(21)8-6-16/h5-8,18H,3-4,9-15H2,1-2H3,(H,23,27)(H2,22,24,25). The predicted octanol–water partition coefficient (Wildman–Crippen LogP) is 2.49. The van der Waals surface area contributed by atoms with Crippen LogP contribution in [0.3, 0.4) is 0 Å². The monoisotopic (exact) mass is 437 g/mol. The quantitative estimate of drug-likeness (QED) is 0.431. The van der Waals surface area contributed by atoms with Crippen molar-refractivity contribution in [3.63, 3.8) is 0 Å². The topological polar surface area (TPSA) is 68.8 Å². The van der Waals surface area contributed by atoms with Crippen LogP contribution in [-0.2, 0) is 11.3 Å². The number of likely N-dealkylation sites (tertiary alicyclic amines) is 1. The third-order valence-corrected chi connectivity index (χ3v) is 5.07. The number of carbonyl (C=O) groups is 1. The molecule has 1 saturated heterocycles. The molecule has 0 unspecified atom stereocenters. The molecular weight excluding hydrogens is 406 g/mol. The number of amides is 1. The lowest BCUT2D eigenvalue weighted by Crippen LogP contribution is -2.48. The molecule has 7 heteroatoms. The molecular formula is C20H32BrN5O. The fourth-order valence-electron chi connectivity index (χ4n) is 3.07. The number of hydrogen-bond acceptors (Lipinski definition) is 3. The number of nitrogens with one attached hydrogen (secondary N) is 3. The summed E-state index contributed by atoms with van der Waals surface area (Å²) in [5.41, 5.74) is 1.35. The number of aliphatic imine (C=N–C) groups is 1. The van der Waals surface area contributed by atoms with Gasteiger partial charge in [0.2, 0.25) is 5.91 Å². The van der Waals surface area contributed by atoms with Crippen molar-refractivity contribution in [1.82, 2.24) is 20.9 Å². The fraction of sp³-hybridized carbons (Fsp3) is 0.600. The molecule has 0 spiro atoms. The van der Waals surface area contributed by atoms with Gasteiger partial charge in [0, 0.05) is 43.2 Å². The van der Waals surface area contributed by atoms with Gasteiger partial charge in [-0.3, -0.25) is 9.69 Å². The number of rotatable bonds is 8. The van der Waals surface area contributed by atoms with Crippen molar-refractivity contribution in [1.29, 1.82) is 0 Å². The van der Waals surface area contributed by atoms with Crippen LogP contribution in [0, 0.1) is 0 Å². The van der Waals surface area contributed by atoms with E-state index >= 15 is 0 Å².